The van der Waals surface area contributed by atoms with Crippen LogP contribution in [0.4, 0.5) is 26.2 Å². The van der Waals surface area contributed by atoms with Crippen molar-refractivity contribution in [3.05, 3.63) is 120 Å². The molecule has 0 spiro atoms. The smallest absolute Gasteiger partial charge is 0.321 e. The summed E-state index contributed by atoms with van der Waals surface area (Å²) in [5.41, 5.74) is 3.54. The maximum atomic E-state index is 13.8. The Morgan fingerprint density at radius 2 is 1.48 bits per heavy atom. The number of piperazine rings is 1. The van der Waals surface area contributed by atoms with Crippen molar-refractivity contribution in [1.29, 1.82) is 0 Å². The van der Waals surface area contributed by atoms with Gasteiger partial charge < -0.3 is 30.1 Å². The Balaban J connectivity index is 1.32. The third-order valence-corrected chi connectivity index (χ3v) is 7.45. The number of ether oxygens (including phenoxy) is 1. The van der Waals surface area contributed by atoms with Crippen LogP contribution in [-0.2, 0) is 6.54 Å². The second-order valence-electron chi connectivity index (χ2n) is 10.5. The van der Waals surface area contributed by atoms with Crippen LogP contribution in [0.15, 0.2) is 97.1 Å². The Bertz CT molecular complexity index is 1610. The number of nitrogens with one attached hydrogen (secondary N) is 2. The van der Waals surface area contributed by atoms with E-state index in [1.165, 1.54) is 24.3 Å². The van der Waals surface area contributed by atoms with E-state index in [1.807, 2.05) is 36.4 Å². The fraction of sp³-hybridized carbons (Fsp3) is 0.206. The van der Waals surface area contributed by atoms with E-state index >= 15 is 0 Å². The van der Waals surface area contributed by atoms with Gasteiger partial charge in [0.2, 0.25) is 0 Å². The normalized spacial score (nSPS) is 12.8. The Morgan fingerprint density at radius 1 is 0.818 bits per heavy atom. The molecule has 1 saturated heterocycles. The molecule has 5 rings (SSSR count). The second-order valence-corrected chi connectivity index (χ2v) is 10.5. The zero-order valence-electron chi connectivity index (χ0n) is 24.6. The molecular formula is C34H34FN5O4. The number of amides is 4. The van der Waals surface area contributed by atoms with E-state index in [2.05, 4.69) is 15.5 Å². The van der Waals surface area contributed by atoms with Crippen LogP contribution in [0.5, 0.6) is 5.75 Å². The fourth-order valence-electron chi connectivity index (χ4n) is 5.03. The van der Waals surface area contributed by atoms with Gasteiger partial charge in [-0.3, -0.25) is 9.59 Å². The summed E-state index contributed by atoms with van der Waals surface area (Å²) in [6, 6.07) is 27.1. The predicted octanol–water partition coefficient (Wildman–Crippen LogP) is 5.71. The van der Waals surface area contributed by atoms with Gasteiger partial charge in [-0.1, -0.05) is 30.3 Å². The monoisotopic (exact) mass is 595 g/mol. The maximum Gasteiger partial charge on any atom is 0.321 e. The van der Waals surface area contributed by atoms with Gasteiger partial charge in [-0.2, -0.15) is 0 Å². The third-order valence-electron chi connectivity index (χ3n) is 7.45. The van der Waals surface area contributed by atoms with Crippen molar-refractivity contribution in [2.75, 3.05) is 55.9 Å². The van der Waals surface area contributed by atoms with Crippen LogP contribution in [0.25, 0.3) is 0 Å². The highest BCUT2D eigenvalue weighted by molar-refractivity contribution is 6.06. The number of nitrogens with zero attached hydrogens (tertiary/aromatic N) is 3. The summed E-state index contributed by atoms with van der Waals surface area (Å²) in [6.07, 6.45) is 0. The molecule has 0 bridgehead atoms. The molecule has 1 aliphatic heterocycles. The summed E-state index contributed by atoms with van der Waals surface area (Å²) >= 11 is 0. The molecule has 226 valence electrons. The standard InChI is InChI=1S/C34H34FN5O4/c1-38(23-24-6-4-3-5-7-24)33(42)30-22-28(36-32(41)25-8-10-26(35)11-9-25)14-17-31(30)39-18-20-40(21-19-39)34(43)37-27-12-15-29(44-2)16-13-27/h3-17,22H,18-21,23H2,1-2H3,(H,36,41)(H,37,43). The van der Waals surface area contributed by atoms with Gasteiger partial charge in [0.15, 0.2) is 0 Å². The molecule has 2 N–H and O–H groups in total. The number of carbonyl (C=O) groups is 3. The number of hydrogen-bond donors (Lipinski definition) is 2. The highest BCUT2D eigenvalue weighted by atomic mass is 19.1. The van der Waals surface area contributed by atoms with Gasteiger partial charge in [-0.15, -0.1) is 0 Å². The lowest BCUT2D eigenvalue weighted by molar-refractivity contribution is 0.0785. The van der Waals surface area contributed by atoms with Crippen molar-refractivity contribution in [3.63, 3.8) is 0 Å². The van der Waals surface area contributed by atoms with Crippen LogP contribution in [0, 0.1) is 5.82 Å². The minimum atomic E-state index is -0.432. The Labute approximate surface area is 255 Å². The van der Waals surface area contributed by atoms with Crippen molar-refractivity contribution in [1.82, 2.24) is 9.80 Å². The molecule has 44 heavy (non-hydrogen) atoms. The summed E-state index contributed by atoms with van der Waals surface area (Å²) in [5.74, 6) is -0.345. The lowest BCUT2D eigenvalue weighted by atomic mass is 10.1. The molecule has 9 nitrogen and oxygen atoms in total. The van der Waals surface area contributed by atoms with Crippen LogP contribution in [-0.4, -0.2) is 68.0 Å². The number of methoxy groups -OCH3 is 1. The molecule has 0 radical (unpaired) electrons. The molecule has 0 atom stereocenters. The first-order valence-electron chi connectivity index (χ1n) is 14.3. The Morgan fingerprint density at radius 3 is 2.14 bits per heavy atom. The van der Waals surface area contributed by atoms with E-state index in [-0.39, 0.29) is 11.9 Å². The number of urea groups is 1. The van der Waals surface area contributed by atoms with Crippen LogP contribution in [0.2, 0.25) is 0 Å². The van der Waals surface area contributed by atoms with Crippen molar-refractivity contribution in [2.24, 2.45) is 0 Å². The first-order valence-corrected chi connectivity index (χ1v) is 14.3. The summed E-state index contributed by atoms with van der Waals surface area (Å²) in [5, 5.41) is 5.74. The molecule has 1 fully saturated rings. The summed E-state index contributed by atoms with van der Waals surface area (Å²) in [7, 11) is 3.33. The Hall–Kier alpha value is -5.38. The number of halogens is 1. The molecule has 4 aromatic rings. The zero-order chi connectivity index (χ0) is 31.1. The van der Waals surface area contributed by atoms with Crippen LogP contribution >= 0.6 is 0 Å². The van der Waals surface area contributed by atoms with Crippen molar-refractivity contribution < 1.29 is 23.5 Å². The third kappa shape index (κ3) is 7.33. The number of carbonyl (C=O) groups excluding carboxylic acids is 3. The van der Waals surface area contributed by atoms with Gasteiger partial charge in [0.1, 0.15) is 11.6 Å². The topological polar surface area (TPSA) is 94.2 Å². The summed E-state index contributed by atoms with van der Waals surface area (Å²) in [6.45, 7) is 2.35. The minimum Gasteiger partial charge on any atom is -0.497 e. The van der Waals surface area contributed by atoms with Crippen LogP contribution in [0.3, 0.4) is 0 Å². The van der Waals surface area contributed by atoms with Crippen molar-refractivity contribution in [2.45, 2.75) is 6.54 Å². The zero-order valence-corrected chi connectivity index (χ0v) is 24.6. The molecule has 0 aromatic heterocycles. The fourth-order valence-corrected chi connectivity index (χ4v) is 5.03. The van der Waals surface area contributed by atoms with E-state index in [9.17, 15) is 18.8 Å². The first kappa shape index (κ1) is 30.1. The average Bonchev–Trinajstić information content (AvgIpc) is 3.05. The lowest BCUT2D eigenvalue weighted by Crippen LogP contribution is -2.50. The van der Waals surface area contributed by atoms with Gasteiger partial charge in [0, 0.05) is 62.4 Å². The van der Waals surface area contributed by atoms with E-state index < -0.39 is 11.7 Å². The lowest BCUT2D eigenvalue weighted by Gasteiger charge is -2.37. The molecule has 0 unspecified atom stereocenters. The predicted molar refractivity (Wildman–Crippen MR) is 169 cm³/mol. The van der Waals surface area contributed by atoms with Gasteiger partial charge in [0.25, 0.3) is 11.8 Å². The largest absolute Gasteiger partial charge is 0.497 e. The molecule has 4 amide bonds. The van der Waals surface area contributed by atoms with Gasteiger partial charge in [0.05, 0.1) is 12.7 Å². The number of anilines is 3. The molecular weight excluding hydrogens is 561 g/mol. The summed E-state index contributed by atoms with van der Waals surface area (Å²) < 4.78 is 18.5. The van der Waals surface area contributed by atoms with Crippen LogP contribution in [0.1, 0.15) is 26.3 Å². The molecule has 0 saturated carbocycles. The first-order chi connectivity index (χ1) is 21.3. The van der Waals surface area contributed by atoms with Gasteiger partial charge >= 0.3 is 6.03 Å². The van der Waals surface area contributed by atoms with E-state index in [0.29, 0.717) is 66.7 Å². The van der Waals surface area contributed by atoms with Crippen molar-refractivity contribution >= 4 is 34.9 Å². The number of benzene rings is 4. The SMILES string of the molecule is COc1ccc(NC(=O)N2CCN(c3ccc(NC(=O)c4ccc(F)cc4)cc3C(=O)N(C)Cc3ccccc3)CC2)cc1. The Kier molecular flexibility index (Phi) is 9.39. The van der Waals surface area contributed by atoms with Gasteiger partial charge in [-0.05, 0) is 72.3 Å². The average molecular weight is 596 g/mol. The van der Waals surface area contributed by atoms with Crippen molar-refractivity contribution in [3.8, 4) is 5.75 Å². The van der Waals surface area contributed by atoms with Crippen LogP contribution < -0.4 is 20.3 Å². The van der Waals surface area contributed by atoms with E-state index in [4.69, 9.17) is 4.74 Å². The summed E-state index contributed by atoms with van der Waals surface area (Å²) in [4.78, 5) is 45.1. The maximum absolute atomic E-state index is 13.8. The van der Waals surface area contributed by atoms with E-state index in [1.54, 1.807) is 60.4 Å². The minimum absolute atomic E-state index is 0.201. The molecule has 0 aliphatic carbocycles. The number of hydrogen-bond acceptors (Lipinski definition) is 5. The molecule has 10 heteroatoms. The van der Waals surface area contributed by atoms with Gasteiger partial charge in [-0.25, -0.2) is 9.18 Å². The quantitative estimate of drug-likeness (QED) is 0.272. The highest BCUT2D eigenvalue weighted by Gasteiger charge is 2.26. The molecule has 1 aliphatic rings. The highest BCUT2D eigenvalue weighted by Crippen LogP contribution is 2.28. The number of rotatable bonds is 8. The molecule has 4 aromatic carbocycles. The van der Waals surface area contributed by atoms with E-state index in [0.717, 1.165) is 5.56 Å². The molecule has 1 heterocycles. The second kappa shape index (κ2) is 13.7.